The summed E-state index contributed by atoms with van der Waals surface area (Å²) in [4.78, 5) is 0. The van der Waals surface area contributed by atoms with Gasteiger partial charge in [0.1, 0.15) is 29.9 Å². The van der Waals surface area contributed by atoms with Crippen molar-refractivity contribution in [3.63, 3.8) is 0 Å². The van der Waals surface area contributed by atoms with Crippen molar-refractivity contribution >= 4 is 11.8 Å². The monoisotopic (exact) mass is 304 g/mol. The number of aliphatic hydroxyl groups is 6. The lowest BCUT2D eigenvalue weighted by molar-refractivity contribution is -0.127. The number of hydrogen-bond donors (Lipinski definition) is 6. The number of rotatable bonds is 8. The molecule has 0 radical (unpaired) electrons. The molecule has 0 aromatic heterocycles. The summed E-state index contributed by atoms with van der Waals surface area (Å²) in [6.45, 7) is -0.752. The normalized spacial score (nSPS) is 19.1. The fraction of sp³-hybridized carbons (Fsp3) is 0.538. The highest BCUT2D eigenvalue weighted by Crippen LogP contribution is 2.21. The maximum atomic E-state index is 9.75. The predicted molar refractivity (Wildman–Crippen MR) is 74.9 cm³/mol. The lowest BCUT2D eigenvalue weighted by atomic mass is 10.0. The van der Waals surface area contributed by atoms with Crippen LogP contribution in [0.4, 0.5) is 0 Å². The molecule has 0 saturated heterocycles. The van der Waals surface area contributed by atoms with E-state index < -0.39 is 36.5 Å². The van der Waals surface area contributed by atoms with Crippen LogP contribution in [-0.2, 0) is 5.75 Å². The second-order valence-corrected chi connectivity index (χ2v) is 5.51. The summed E-state index contributed by atoms with van der Waals surface area (Å²) in [7, 11) is 0. The first-order chi connectivity index (χ1) is 9.47. The highest BCUT2D eigenvalue weighted by molar-refractivity contribution is 7.99. The highest BCUT2D eigenvalue weighted by Gasteiger charge is 2.34. The van der Waals surface area contributed by atoms with E-state index in [1.807, 2.05) is 30.3 Å². The van der Waals surface area contributed by atoms with Gasteiger partial charge >= 0.3 is 0 Å². The summed E-state index contributed by atoms with van der Waals surface area (Å²) in [6, 6.07) is 9.25. The first kappa shape index (κ1) is 17.4. The molecular weight excluding hydrogens is 284 g/mol. The van der Waals surface area contributed by atoms with E-state index in [-0.39, 0.29) is 0 Å². The summed E-state index contributed by atoms with van der Waals surface area (Å²) in [6.07, 6.45) is -6.71. The maximum absolute atomic E-state index is 9.75. The Morgan fingerprint density at radius 2 is 1.45 bits per heavy atom. The molecule has 0 saturated carbocycles. The minimum atomic E-state index is -1.75. The third kappa shape index (κ3) is 5.02. The summed E-state index contributed by atoms with van der Waals surface area (Å²) in [5.41, 5.74) is -0.389. The maximum Gasteiger partial charge on any atom is 0.128 e. The van der Waals surface area contributed by atoms with Gasteiger partial charge in [0.05, 0.1) is 6.61 Å². The third-order valence-electron chi connectivity index (χ3n) is 2.84. The molecule has 1 aromatic carbocycles. The van der Waals surface area contributed by atoms with Crippen molar-refractivity contribution in [1.29, 1.82) is 0 Å². The van der Waals surface area contributed by atoms with E-state index in [2.05, 4.69) is 0 Å². The largest absolute Gasteiger partial charge is 0.394 e. The average Bonchev–Trinajstić information content (AvgIpc) is 2.50. The zero-order chi connectivity index (χ0) is 15.1. The molecule has 1 aromatic rings. The zero-order valence-electron chi connectivity index (χ0n) is 10.8. The van der Waals surface area contributed by atoms with Crippen molar-refractivity contribution in [3.8, 4) is 0 Å². The molecule has 7 heteroatoms. The smallest absolute Gasteiger partial charge is 0.128 e. The van der Waals surface area contributed by atoms with Crippen LogP contribution < -0.4 is 0 Å². The van der Waals surface area contributed by atoms with Crippen molar-refractivity contribution in [2.24, 2.45) is 0 Å². The molecule has 1 rings (SSSR count). The van der Waals surface area contributed by atoms with Crippen LogP contribution in [0.15, 0.2) is 30.3 Å². The molecule has 5 unspecified atom stereocenters. The number of hydrogen-bond acceptors (Lipinski definition) is 7. The lowest BCUT2D eigenvalue weighted by Gasteiger charge is -2.28. The summed E-state index contributed by atoms with van der Waals surface area (Å²) >= 11 is 0.993. The zero-order valence-corrected chi connectivity index (χ0v) is 11.6. The molecule has 0 spiro atoms. The van der Waals surface area contributed by atoms with Crippen molar-refractivity contribution in [2.75, 3.05) is 6.61 Å². The van der Waals surface area contributed by atoms with E-state index in [4.69, 9.17) is 5.11 Å². The molecule has 5 atom stereocenters. The Morgan fingerprint density at radius 1 is 0.850 bits per heavy atom. The van der Waals surface area contributed by atoms with Gasteiger partial charge in [0.2, 0.25) is 0 Å². The van der Waals surface area contributed by atoms with E-state index in [1.165, 1.54) is 0 Å². The first-order valence-corrected chi connectivity index (χ1v) is 7.19. The third-order valence-corrected chi connectivity index (χ3v) is 3.96. The van der Waals surface area contributed by atoms with Gasteiger partial charge in [-0.15, -0.1) is 11.8 Å². The molecule has 6 N–H and O–H groups in total. The molecule has 6 nitrogen and oxygen atoms in total. The fourth-order valence-electron chi connectivity index (χ4n) is 1.56. The van der Waals surface area contributed by atoms with Crippen LogP contribution >= 0.6 is 11.8 Å². The van der Waals surface area contributed by atoms with Crippen LogP contribution in [0.1, 0.15) is 5.56 Å². The SMILES string of the molecule is OCC(O)C(O)C(O)C(O)C(O)SCc1ccccc1. The van der Waals surface area contributed by atoms with Crippen molar-refractivity contribution < 1.29 is 30.6 Å². The second kappa shape index (κ2) is 8.58. The highest BCUT2D eigenvalue weighted by atomic mass is 32.2. The average molecular weight is 304 g/mol. The number of aliphatic hydroxyl groups excluding tert-OH is 6. The van der Waals surface area contributed by atoms with E-state index in [9.17, 15) is 25.5 Å². The Bertz CT molecular complexity index is 376. The van der Waals surface area contributed by atoms with Gasteiger partial charge in [0.15, 0.2) is 0 Å². The molecule has 0 aliphatic heterocycles. The van der Waals surface area contributed by atoms with Crippen LogP contribution in [0.5, 0.6) is 0 Å². The van der Waals surface area contributed by atoms with Gasteiger partial charge in [-0.25, -0.2) is 0 Å². The van der Waals surface area contributed by atoms with Crippen LogP contribution in [0.25, 0.3) is 0 Å². The molecule has 20 heavy (non-hydrogen) atoms. The fourth-order valence-corrected chi connectivity index (χ4v) is 2.47. The Balaban J connectivity index is 2.47. The van der Waals surface area contributed by atoms with Crippen LogP contribution in [-0.4, -0.2) is 67.1 Å². The van der Waals surface area contributed by atoms with Gasteiger partial charge < -0.3 is 30.6 Å². The van der Waals surface area contributed by atoms with Crippen LogP contribution in [0, 0.1) is 0 Å². The van der Waals surface area contributed by atoms with Gasteiger partial charge in [-0.2, -0.15) is 0 Å². The minimum Gasteiger partial charge on any atom is -0.394 e. The molecular formula is C13H20O6S. The Kier molecular flexibility index (Phi) is 7.46. The molecule has 0 aliphatic carbocycles. The number of thioether (sulfide) groups is 1. The van der Waals surface area contributed by atoms with Crippen molar-refractivity contribution in [1.82, 2.24) is 0 Å². The topological polar surface area (TPSA) is 121 Å². The molecule has 0 amide bonds. The predicted octanol–water partition coefficient (Wildman–Crippen LogP) is -1.33. The molecule has 0 heterocycles. The minimum absolute atomic E-state index is 0.421. The molecule has 114 valence electrons. The standard InChI is InChI=1S/C13H20O6S/c14-6-9(15)10(16)11(17)12(18)13(19)20-7-8-4-2-1-3-5-8/h1-5,9-19H,6-7H2. The lowest BCUT2D eigenvalue weighted by Crippen LogP contribution is -2.49. The quantitative estimate of drug-likeness (QED) is 0.329. The van der Waals surface area contributed by atoms with E-state index >= 15 is 0 Å². The molecule has 0 fully saturated rings. The summed E-state index contributed by atoms with van der Waals surface area (Å²) in [5, 5.41) is 56.3. The Labute approximate surface area is 121 Å². The van der Waals surface area contributed by atoms with Gasteiger partial charge in [0, 0.05) is 5.75 Å². The summed E-state index contributed by atoms with van der Waals surface area (Å²) < 4.78 is 0. The van der Waals surface area contributed by atoms with E-state index in [0.29, 0.717) is 5.75 Å². The van der Waals surface area contributed by atoms with E-state index in [1.54, 1.807) is 0 Å². The second-order valence-electron chi connectivity index (χ2n) is 4.41. The van der Waals surface area contributed by atoms with Gasteiger partial charge in [0.25, 0.3) is 0 Å². The first-order valence-electron chi connectivity index (χ1n) is 6.14. The van der Waals surface area contributed by atoms with Crippen LogP contribution in [0.2, 0.25) is 0 Å². The van der Waals surface area contributed by atoms with Gasteiger partial charge in [-0.05, 0) is 5.56 Å². The van der Waals surface area contributed by atoms with Crippen LogP contribution in [0.3, 0.4) is 0 Å². The van der Waals surface area contributed by atoms with E-state index in [0.717, 1.165) is 17.3 Å². The van der Waals surface area contributed by atoms with Crippen molar-refractivity contribution in [2.45, 2.75) is 35.6 Å². The summed E-state index contributed by atoms with van der Waals surface area (Å²) in [5.74, 6) is 0.421. The Morgan fingerprint density at radius 3 is 2.00 bits per heavy atom. The molecule has 0 aliphatic rings. The van der Waals surface area contributed by atoms with Crippen molar-refractivity contribution in [3.05, 3.63) is 35.9 Å². The molecule has 0 bridgehead atoms. The van der Waals surface area contributed by atoms with Gasteiger partial charge in [-0.3, -0.25) is 0 Å². The number of benzene rings is 1. The Hall–Kier alpha value is -0.670. The van der Waals surface area contributed by atoms with Gasteiger partial charge in [-0.1, -0.05) is 30.3 Å².